The number of fused-ring (bicyclic) bond motifs is 7. The number of para-hydroxylation sites is 4. The van der Waals surface area contributed by atoms with E-state index in [1.54, 1.807) is 0 Å². The fraction of sp³-hybridized carbons (Fsp3) is 0.158. The van der Waals surface area contributed by atoms with Gasteiger partial charge in [-0.25, -0.2) is 9.97 Å². The summed E-state index contributed by atoms with van der Waals surface area (Å²) in [6, 6.07) is 36.2. The molecule has 5 aromatic carbocycles. The number of rotatable bonds is 2. The van der Waals surface area contributed by atoms with Crippen LogP contribution in [0.5, 0.6) is 11.5 Å². The van der Waals surface area contributed by atoms with Crippen LogP contribution >= 0.6 is 0 Å². The summed E-state index contributed by atoms with van der Waals surface area (Å²) in [5, 5.41) is 23.9. The van der Waals surface area contributed by atoms with Gasteiger partial charge >= 0.3 is 0 Å². The van der Waals surface area contributed by atoms with E-state index in [9.17, 15) is 10.2 Å². The Morgan fingerprint density at radius 3 is 1.24 bits per heavy atom. The molecule has 0 fully saturated rings. The molecule has 0 aliphatic carbocycles. The molecule has 0 amide bonds. The second-order valence-electron chi connectivity index (χ2n) is 12.7. The molecule has 2 N–H and O–H groups in total. The Balaban J connectivity index is 0.00000325. The topological polar surface area (TPSA) is 76.1 Å². The van der Waals surface area contributed by atoms with Gasteiger partial charge in [-0.05, 0) is 64.1 Å². The Bertz CT molecular complexity index is 2090. The standard InChI is InChI=1S/C38H32N4O2.Zn/c1-37(2)27-19-11-17-25(33(27)43)26-18-12-20-28(34(26)44)38(3,4)36-40-32-30(42(36)24-15-9-6-10-16-24)22-21-29-31(32)39-35(37)41(29)23-13-7-5-8-14-23;/h5-22,43-44H,1-4H3;. The summed E-state index contributed by atoms with van der Waals surface area (Å²) in [4.78, 5) is 10.8. The number of aromatic nitrogens is 4. The molecule has 0 unspecified atom stereocenters. The van der Waals surface area contributed by atoms with Gasteiger partial charge in [0.2, 0.25) is 0 Å². The smallest absolute Gasteiger partial charge is 0.127 e. The van der Waals surface area contributed by atoms with Crippen molar-refractivity contribution in [3.05, 3.63) is 132 Å². The van der Waals surface area contributed by atoms with Gasteiger partial charge in [0.1, 0.15) is 34.2 Å². The van der Waals surface area contributed by atoms with Crippen molar-refractivity contribution in [2.75, 3.05) is 0 Å². The molecule has 1 aliphatic heterocycles. The zero-order valence-corrected chi connectivity index (χ0v) is 28.7. The molecule has 0 radical (unpaired) electrons. The maximum absolute atomic E-state index is 11.9. The van der Waals surface area contributed by atoms with Crippen LogP contribution < -0.4 is 0 Å². The number of benzene rings is 5. The van der Waals surface area contributed by atoms with E-state index in [1.807, 2.05) is 72.8 Å². The number of imidazole rings is 2. The van der Waals surface area contributed by atoms with Crippen LogP contribution in [0.2, 0.25) is 0 Å². The average Bonchev–Trinajstić information content (AvgIpc) is 3.62. The first kappa shape index (κ1) is 29.0. The van der Waals surface area contributed by atoms with Gasteiger partial charge in [0.05, 0.1) is 21.9 Å². The minimum absolute atomic E-state index is 0. The number of hydrogen-bond acceptors (Lipinski definition) is 4. The van der Waals surface area contributed by atoms with Gasteiger partial charge in [0.25, 0.3) is 0 Å². The second-order valence-corrected chi connectivity index (χ2v) is 12.7. The first-order chi connectivity index (χ1) is 21.2. The molecule has 0 spiro atoms. The maximum Gasteiger partial charge on any atom is 0.127 e. The Morgan fingerprint density at radius 1 is 0.489 bits per heavy atom. The summed E-state index contributed by atoms with van der Waals surface area (Å²) in [6.07, 6.45) is 0. The molecule has 3 heterocycles. The zero-order chi connectivity index (χ0) is 30.4. The summed E-state index contributed by atoms with van der Waals surface area (Å²) >= 11 is 0. The van der Waals surface area contributed by atoms with Gasteiger partial charge in [-0.2, -0.15) is 0 Å². The Morgan fingerprint density at radius 2 is 0.867 bits per heavy atom. The van der Waals surface area contributed by atoms with Gasteiger partial charge in [0, 0.05) is 53.1 Å². The second kappa shape index (κ2) is 10.1. The van der Waals surface area contributed by atoms with Crippen LogP contribution in [0.1, 0.15) is 50.5 Å². The number of phenolic OH excluding ortho intramolecular Hbond substituents is 2. The van der Waals surface area contributed by atoms with Gasteiger partial charge in [-0.3, -0.25) is 9.13 Å². The molecule has 0 atom stereocenters. The van der Waals surface area contributed by atoms with Crippen LogP contribution in [-0.2, 0) is 30.3 Å². The Hall–Kier alpha value is -4.74. The Labute approximate surface area is 274 Å². The number of nitrogens with zero attached hydrogens (tertiary/aromatic N) is 4. The third-order valence-corrected chi connectivity index (χ3v) is 9.31. The van der Waals surface area contributed by atoms with Crippen molar-refractivity contribution < 1.29 is 29.7 Å². The van der Waals surface area contributed by atoms with Crippen molar-refractivity contribution >= 4 is 22.1 Å². The summed E-state index contributed by atoms with van der Waals surface area (Å²) in [5.74, 6) is 1.82. The molecule has 8 rings (SSSR count). The Kier molecular flexibility index (Phi) is 6.54. The predicted molar refractivity (Wildman–Crippen MR) is 175 cm³/mol. The summed E-state index contributed by atoms with van der Waals surface area (Å²) in [7, 11) is 0. The molecule has 218 valence electrons. The summed E-state index contributed by atoms with van der Waals surface area (Å²) < 4.78 is 4.37. The molecule has 1 aliphatic rings. The van der Waals surface area contributed by atoms with Crippen LogP contribution in [0.15, 0.2) is 109 Å². The normalized spacial score (nSPS) is 14.6. The van der Waals surface area contributed by atoms with Gasteiger partial charge in [0.15, 0.2) is 0 Å². The monoisotopic (exact) mass is 640 g/mol. The third-order valence-electron chi connectivity index (χ3n) is 9.31. The first-order valence-corrected chi connectivity index (χ1v) is 14.9. The molecule has 45 heavy (non-hydrogen) atoms. The number of aromatic hydroxyl groups is 2. The predicted octanol–water partition coefficient (Wildman–Crippen LogP) is 8.41. The minimum Gasteiger partial charge on any atom is -0.507 e. The van der Waals surface area contributed by atoms with E-state index in [2.05, 4.69) is 73.2 Å². The van der Waals surface area contributed by atoms with Crippen molar-refractivity contribution in [2.24, 2.45) is 0 Å². The fourth-order valence-electron chi connectivity index (χ4n) is 6.97. The van der Waals surface area contributed by atoms with Gasteiger partial charge < -0.3 is 10.2 Å². The SMILES string of the molecule is CC1(C)c2cccc(c2O)-c2cccc(c2O)C(C)(C)c2nc3c4nc1n(-c1ccccc1)c4ccc3n2-c1ccccc1.[Zn]. The molecule has 7 aromatic rings. The zero-order valence-electron chi connectivity index (χ0n) is 25.8. The van der Waals surface area contributed by atoms with Crippen LogP contribution in [0.3, 0.4) is 0 Å². The van der Waals surface area contributed by atoms with Crippen molar-refractivity contribution in [2.45, 2.75) is 38.5 Å². The van der Waals surface area contributed by atoms with E-state index in [0.29, 0.717) is 11.1 Å². The molecule has 2 aromatic heterocycles. The van der Waals surface area contributed by atoms with E-state index in [4.69, 9.17) is 9.97 Å². The van der Waals surface area contributed by atoms with E-state index < -0.39 is 10.8 Å². The fourth-order valence-corrected chi connectivity index (χ4v) is 6.97. The molecular weight excluding hydrogens is 610 g/mol. The third kappa shape index (κ3) is 4.03. The minimum atomic E-state index is -0.733. The van der Waals surface area contributed by atoms with E-state index in [0.717, 1.165) is 56.2 Å². The van der Waals surface area contributed by atoms with E-state index in [-0.39, 0.29) is 31.0 Å². The molecular formula is C38H32N4O2Zn. The van der Waals surface area contributed by atoms with Crippen LogP contribution in [0.25, 0.3) is 44.6 Å². The van der Waals surface area contributed by atoms with Crippen LogP contribution in [-0.4, -0.2) is 29.3 Å². The quantitative estimate of drug-likeness (QED) is 0.186. The largest absolute Gasteiger partial charge is 0.507 e. The molecule has 7 heteroatoms. The molecule has 8 bridgehead atoms. The summed E-state index contributed by atoms with van der Waals surface area (Å²) in [5.41, 5.74) is 6.50. The molecule has 0 saturated carbocycles. The van der Waals surface area contributed by atoms with Crippen LogP contribution in [0, 0.1) is 0 Å². The first-order valence-electron chi connectivity index (χ1n) is 14.9. The van der Waals surface area contributed by atoms with E-state index >= 15 is 0 Å². The van der Waals surface area contributed by atoms with Crippen molar-refractivity contribution in [3.8, 4) is 34.0 Å². The van der Waals surface area contributed by atoms with Crippen molar-refractivity contribution in [1.29, 1.82) is 0 Å². The molecule has 6 nitrogen and oxygen atoms in total. The maximum atomic E-state index is 11.9. The van der Waals surface area contributed by atoms with Crippen LogP contribution in [0.4, 0.5) is 0 Å². The van der Waals surface area contributed by atoms with Gasteiger partial charge in [-0.1, -0.05) is 72.8 Å². The summed E-state index contributed by atoms with van der Waals surface area (Å²) in [6.45, 7) is 8.34. The van der Waals surface area contributed by atoms with Gasteiger partial charge in [-0.15, -0.1) is 0 Å². The average molecular weight is 642 g/mol. The van der Waals surface area contributed by atoms with Crippen molar-refractivity contribution in [3.63, 3.8) is 0 Å². The number of hydrogen-bond donors (Lipinski definition) is 2. The van der Waals surface area contributed by atoms with E-state index in [1.165, 1.54) is 0 Å². The molecule has 0 saturated heterocycles. The number of phenols is 2. The van der Waals surface area contributed by atoms with Crippen molar-refractivity contribution in [1.82, 2.24) is 19.1 Å².